The second-order valence-electron chi connectivity index (χ2n) is 5.53. The highest BCUT2D eigenvalue weighted by atomic mass is 16.5. The molecule has 0 aliphatic heterocycles. The van der Waals surface area contributed by atoms with E-state index in [9.17, 15) is 14.4 Å². The zero-order chi connectivity index (χ0) is 17.7. The lowest BCUT2D eigenvalue weighted by Gasteiger charge is -2.17. The number of amides is 1. The van der Waals surface area contributed by atoms with E-state index in [0.717, 1.165) is 5.56 Å². The molecule has 0 bridgehead atoms. The van der Waals surface area contributed by atoms with Crippen LogP contribution < -0.4 is 5.56 Å². The van der Waals surface area contributed by atoms with Crippen LogP contribution in [0.4, 0.5) is 0 Å². The number of carbonyl (C=O) groups is 2. The van der Waals surface area contributed by atoms with Gasteiger partial charge in [0.05, 0.1) is 0 Å². The summed E-state index contributed by atoms with van der Waals surface area (Å²) >= 11 is 0. The summed E-state index contributed by atoms with van der Waals surface area (Å²) in [6.07, 6.45) is -0.459. The average Bonchev–Trinajstić information content (AvgIpc) is 2.45. The number of nitrogens with zero attached hydrogens (tertiary/aromatic N) is 2. The number of carbonyl (C=O) groups excluding carboxylic acids is 2. The predicted octanol–water partition coefficient (Wildman–Crippen LogP) is 0.816. The number of aromatic nitrogens is 1. The van der Waals surface area contributed by atoms with Gasteiger partial charge in [0.1, 0.15) is 11.6 Å². The fourth-order valence-corrected chi connectivity index (χ4v) is 2.32. The molecule has 0 saturated heterocycles. The minimum absolute atomic E-state index is 0.0510. The number of nitrogens with one attached hydrogen (secondary N) is 1. The molecule has 1 rings (SSSR count). The maximum Gasteiger partial charge on any atom is 0.306 e. The first-order valence-electron chi connectivity index (χ1n) is 7.22. The molecular weight excluding hydrogens is 298 g/mol. The number of ether oxygens (including phenoxy) is 1. The Bertz CT molecular complexity index is 713. The Labute approximate surface area is 134 Å². The highest BCUT2D eigenvalue weighted by Gasteiger charge is 2.20. The third-order valence-corrected chi connectivity index (χ3v) is 3.60. The van der Waals surface area contributed by atoms with Gasteiger partial charge in [0.25, 0.3) is 11.5 Å². The monoisotopic (exact) mass is 319 g/mol. The van der Waals surface area contributed by atoms with Gasteiger partial charge >= 0.3 is 5.97 Å². The Hall–Kier alpha value is -2.62. The van der Waals surface area contributed by atoms with Crippen LogP contribution in [0.5, 0.6) is 0 Å². The van der Waals surface area contributed by atoms with E-state index in [1.165, 1.54) is 11.8 Å². The number of pyridine rings is 1. The molecule has 1 amide bonds. The fraction of sp³-hybridized carbons (Fsp3) is 0.500. The summed E-state index contributed by atoms with van der Waals surface area (Å²) in [6, 6.07) is 1.87. The number of H-pyrrole nitrogens is 1. The molecule has 7 nitrogen and oxygen atoms in total. The van der Waals surface area contributed by atoms with Crippen molar-refractivity contribution in [2.24, 2.45) is 0 Å². The molecular formula is C16H21N3O4. The van der Waals surface area contributed by atoms with Gasteiger partial charge in [-0.1, -0.05) is 0 Å². The Morgan fingerprint density at radius 1 is 1.35 bits per heavy atom. The molecule has 0 unspecified atom stereocenters. The van der Waals surface area contributed by atoms with Crippen molar-refractivity contribution in [1.82, 2.24) is 9.88 Å². The second-order valence-corrected chi connectivity index (χ2v) is 5.53. The Morgan fingerprint density at radius 2 is 1.96 bits per heavy atom. The summed E-state index contributed by atoms with van der Waals surface area (Å²) < 4.78 is 5.09. The van der Waals surface area contributed by atoms with Crippen LogP contribution in [0, 0.1) is 25.2 Å². The van der Waals surface area contributed by atoms with Crippen molar-refractivity contribution >= 4 is 11.9 Å². The fourth-order valence-electron chi connectivity index (χ4n) is 2.32. The van der Waals surface area contributed by atoms with Gasteiger partial charge in [0, 0.05) is 26.2 Å². The topological polar surface area (TPSA) is 103 Å². The van der Waals surface area contributed by atoms with E-state index in [1.807, 2.05) is 6.07 Å². The molecule has 0 aromatic carbocycles. The summed E-state index contributed by atoms with van der Waals surface area (Å²) in [5.41, 5.74) is 1.55. The molecule has 0 radical (unpaired) electrons. The van der Waals surface area contributed by atoms with Gasteiger partial charge in [-0.15, -0.1) is 0 Å². The van der Waals surface area contributed by atoms with Crippen LogP contribution in [0.15, 0.2) is 4.79 Å². The lowest BCUT2D eigenvalue weighted by molar-refractivity contribution is -0.157. The van der Waals surface area contributed by atoms with Crippen molar-refractivity contribution in [3.63, 3.8) is 0 Å². The van der Waals surface area contributed by atoms with Gasteiger partial charge in [-0.3, -0.25) is 14.4 Å². The van der Waals surface area contributed by atoms with E-state index in [0.29, 0.717) is 17.7 Å². The van der Waals surface area contributed by atoms with E-state index in [1.54, 1.807) is 27.9 Å². The first-order chi connectivity index (χ1) is 10.7. The third-order valence-electron chi connectivity index (χ3n) is 3.60. The highest BCUT2D eigenvalue weighted by Crippen LogP contribution is 2.15. The molecule has 0 fully saturated rings. The molecule has 0 aliphatic carbocycles. The molecule has 124 valence electrons. The number of aromatic amines is 1. The lowest BCUT2D eigenvalue weighted by atomic mass is 9.99. The summed E-state index contributed by atoms with van der Waals surface area (Å²) in [6.45, 7) is 4.92. The number of likely N-dealkylation sites (N-methyl/N-ethyl adjacent to an activating group) is 1. The van der Waals surface area contributed by atoms with Crippen LogP contribution in [-0.2, 0) is 20.7 Å². The van der Waals surface area contributed by atoms with Gasteiger partial charge in [-0.2, -0.15) is 5.26 Å². The Balaban J connectivity index is 2.80. The molecule has 1 aromatic rings. The van der Waals surface area contributed by atoms with Crippen molar-refractivity contribution < 1.29 is 14.3 Å². The smallest absolute Gasteiger partial charge is 0.306 e. The van der Waals surface area contributed by atoms with E-state index in [-0.39, 0.29) is 17.9 Å². The Morgan fingerprint density at radius 3 is 2.48 bits per heavy atom. The summed E-state index contributed by atoms with van der Waals surface area (Å²) in [4.78, 5) is 39.1. The number of esters is 1. The van der Waals surface area contributed by atoms with Crippen LogP contribution in [0.25, 0.3) is 0 Å². The number of rotatable bonds is 5. The number of hydrogen-bond donors (Lipinski definition) is 1. The third kappa shape index (κ3) is 4.42. The van der Waals surface area contributed by atoms with E-state index < -0.39 is 17.6 Å². The maximum atomic E-state index is 11.9. The van der Waals surface area contributed by atoms with Crippen molar-refractivity contribution in [1.29, 1.82) is 5.26 Å². The SMILES string of the molecule is Cc1[nH]c(=O)c(C#N)c(C)c1CCC(=O)O[C@H](C)C(=O)N(C)C. The maximum absolute atomic E-state index is 11.9. The van der Waals surface area contributed by atoms with Gasteiger partial charge in [-0.25, -0.2) is 0 Å². The van der Waals surface area contributed by atoms with Gasteiger partial charge in [0.15, 0.2) is 6.10 Å². The molecule has 1 atom stereocenters. The molecule has 1 heterocycles. The van der Waals surface area contributed by atoms with Crippen molar-refractivity contribution in [3.05, 3.63) is 32.7 Å². The standard InChI is InChI=1S/C16H21N3O4/c1-9-12(10(2)18-15(21)13(9)8-17)6-7-14(20)23-11(3)16(22)19(4)5/h11H,6-7H2,1-5H3,(H,18,21)/t11-/m1/s1. The van der Waals surface area contributed by atoms with E-state index in [2.05, 4.69) is 4.98 Å². The van der Waals surface area contributed by atoms with Crippen molar-refractivity contribution in [2.75, 3.05) is 14.1 Å². The largest absolute Gasteiger partial charge is 0.453 e. The molecule has 0 aliphatic rings. The molecule has 1 aromatic heterocycles. The highest BCUT2D eigenvalue weighted by molar-refractivity contribution is 5.83. The quantitative estimate of drug-likeness (QED) is 0.809. The summed E-state index contributed by atoms with van der Waals surface area (Å²) in [7, 11) is 3.17. The van der Waals surface area contributed by atoms with Crippen molar-refractivity contribution in [3.8, 4) is 6.07 Å². The molecule has 23 heavy (non-hydrogen) atoms. The minimum atomic E-state index is -0.843. The van der Waals surface area contributed by atoms with Gasteiger partial charge in [-0.05, 0) is 38.3 Å². The van der Waals surface area contributed by atoms with Crippen LogP contribution in [0.1, 0.15) is 35.7 Å². The predicted molar refractivity (Wildman–Crippen MR) is 83.8 cm³/mol. The lowest BCUT2D eigenvalue weighted by Crippen LogP contribution is -2.35. The van der Waals surface area contributed by atoms with Gasteiger partial charge < -0.3 is 14.6 Å². The summed E-state index contributed by atoms with van der Waals surface area (Å²) in [5.74, 6) is -0.794. The molecule has 7 heteroatoms. The van der Waals surface area contributed by atoms with Crippen molar-refractivity contribution in [2.45, 2.75) is 39.7 Å². The zero-order valence-electron chi connectivity index (χ0n) is 14.0. The number of hydrogen-bond acceptors (Lipinski definition) is 5. The van der Waals surface area contributed by atoms with Crippen LogP contribution in [0.2, 0.25) is 0 Å². The normalized spacial score (nSPS) is 11.5. The van der Waals surface area contributed by atoms with Crippen LogP contribution >= 0.6 is 0 Å². The summed E-state index contributed by atoms with van der Waals surface area (Å²) in [5, 5.41) is 9.02. The van der Waals surface area contributed by atoms with Gasteiger partial charge in [0.2, 0.25) is 0 Å². The molecule has 0 saturated carbocycles. The zero-order valence-corrected chi connectivity index (χ0v) is 14.0. The number of nitriles is 1. The van der Waals surface area contributed by atoms with E-state index >= 15 is 0 Å². The first kappa shape index (κ1) is 18.4. The second kappa shape index (κ2) is 7.58. The molecule has 0 spiro atoms. The van der Waals surface area contributed by atoms with E-state index in [4.69, 9.17) is 10.00 Å². The van der Waals surface area contributed by atoms with Crippen LogP contribution in [-0.4, -0.2) is 42.0 Å². The average molecular weight is 319 g/mol. The minimum Gasteiger partial charge on any atom is -0.453 e. The molecule has 1 N–H and O–H groups in total. The number of aryl methyl sites for hydroxylation is 1. The van der Waals surface area contributed by atoms with Crippen LogP contribution in [0.3, 0.4) is 0 Å². The Kier molecular flexibility index (Phi) is 6.08. The first-order valence-corrected chi connectivity index (χ1v) is 7.22.